The number of aryl methyl sites for hydroxylation is 1. The smallest absolute Gasteiger partial charge is 0.263 e. The van der Waals surface area contributed by atoms with Crippen LogP contribution in [-0.2, 0) is 4.79 Å². The van der Waals surface area contributed by atoms with E-state index in [1.165, 1.54) is 0 Å². The van der Waals surface area contributed by atoms with E-state index in [-0.39, 0.29) is 5.91 Å². The Morgan fingerprint density at radius 2 is 2.35 bits per heavy atom. The van der Waals surface area contributed by atoms with E-state index in [0.29, 0.717) is 5.92 Å². The molecule has 20 heavy (non-hydrogen) atoms. The van der Waals surface area contributed by atoms with Crippen molar-refractivity contribution in [3.63, 3.8) is 0 Å². The average molecular weight is 276 g/mol. The molecule has 1 aliphatic rings. The second-order valence-corrected chi connectivity index (χ2v) is 5.57. The number of amides is 1. The van der Waals surface area contributed by atoms with E-state index in [1.807, 2.05) is 50.1 Å². The van der Waals surface area contributed by atoms with Gasteiger partial charge in [-0.15, -0.1) is 0 Å². The molecule has 1 N–H and O–H groups in total. The lowest BCUT2D eigenvalue weighted by Gasteiger charge is -2.22. The van der Waals surface area contributed by atoms with Crippen LogP contribution in [0.3, 0.4) is 0 Å². The molecule has 1 aromatic carbocycles. The molecule has 1 saturated heterocycles. The second kappa shape index (κ2) is 6.75. The highest BCUT2D eigenvalue weighted by molar-refractivity contribution is 5.81. The summed E-state index contributed by atoms with van der Waals surface area (Å²) in [5, 5.41) is 3.18. The van der Waals surface area contributed by atoms with Gasteiger partial charge in [0.1, 0.15) is 5.75 Å². The number of nitrogens with zero attached hydrogens (tertiary/aromatic N) is 1. The molecule has 4 nitrogen and oxygen atoms in total. The minimum atomic E-state index is -0.426. The van der Waals surface area contributed by atoms with Gasteiger partial charge in [-0.25, -0.2) is 0 Å². The van der Waals surface area contributed by atoms with Gasteiger partial charge < -0.3 is 15.0 Å². The molecule has 1 aromatic rings. The quantitative estimate of drug-likeness (QED) is 0.892. The lowest BCUT2D eigenvalue weighted by molar-refractivity contribution is -0.137. The number of hydrogen-bond donors (Lipinski definition) is 1. The first-order chi connectivity index (χ1) is 9.60. The van der Waals surface area contributed by atoms with Gasteiger partial charge in [0.15, 0.2) is 6.10 Å². The maximum Gasteiger partial charge on any atom is 0.263 e. The molecule has 1 fully saturated rings. The van der Waals surface area contributed by atoms with Gasteiger partial charge in [-0.3, -0.25) is 4.79 Å². The Hall–Kier alpha value is -1.55. The van der Waals surface area contributed by atoms with Crippen LogP contribution in [0.25, 0.3) is 0 Å². The summed E-state index contributed by atoms with van der Waals surface area (Å²) in [6.07, 6.45) is 0.647. The van der Waals surface area contributed by atoms with E-state index in [4.69, 9.17) is 4.74 Å². The summed E-state index contributed by atoms with van der Waals surface area (Å²) in [6.45, 7) is 6.49. The summed E-state index contributed by atoms with van der Waals surface area (Å²) in [5.74, 6) is 1.41. The Labute approximate surface area is 121 Å². The van der Waals surface area contributed by atoms with Crippen LogP contribution in [-0.4, -0.2) is 43.6 Å². The zero-order valence-electron chi connectivity index (χ0n) is 12.6. The van der Waals surface area contributed by atoms with Gasteiger partial charge in [0, 0.05) is 13.1 Å². The first-order valence-electron chi connectivity index (χ1n) is 7.27. The lowest BCUT2D eigenvalue weighted by atomic mass is 10.1. The van der Waals surface area contributed by atoms with Crippen molar-refractivity contribution in [2.45, 2.75) is 26.4 Å². The normalized spacial score (nSPS) is 19.9. The summed E-state index contributed by atoms with van der Waals surface area (Å²) in [5.41, 5.74) is 1.14. The van der Waals surface area contributed by atoms with Crippen molar-refractivity contribution >= 4 is 5.91 Å². The number of ether oxygens (including phenoxy) is 1. The van der Waals surface area contributed by atoms with Crippen molar-refractivity contribution < 1.29 is 9.53 Å². The first-order valence-corrected chi connectivity index (χ1v) is 7.27. The van der Waals surface area contributed by atoms with Crippen LogP contribution in [0.15, 0.2) is 24.3 Å². The minimum absolute atomic E-state index is 0.0881. The molecule has 2 atom stereocenters. The summed E-state index contributed by atoms with van der Waals surface area (Å²) in [7, 11) is 1.95. The Balaban J connectivity index is 1.89. The van der Waals surface area contributed by atoms with E-state index >= 15 is 0 Å². The van der Waals surface area contributed by atoms with Crippen molar-refractivity contribution in [1.82, 2.24) is 10.2 Å². The fraction of sp³-hybridized carbons (Fsp3) is 0.562. The van der Waals surface area contributed by atoms with E-state index in [2.05, 4.69) is 5.32 Å². The molecule has 0 aliphatic carbocycles. The first kappa shape index (κ1) is 14.9. The van der Waals surface area contributed by atoms with Crippen LogP contribution in [0.1, 0.15) is 18.9 Å². The number of carbonyl (C=O) groups is 1. The predicted octanol–water partition coefficient (Wildman–Crippen LogP) is 1.83. The van der Waals surface area contributed by atoms with Crippen LogP contribution in [0.2, 0.25) is 0 Å². The number of hydrogen-bond acceptors (Lipinski definition) is 3. The van der Waals surface area contributed by atoms with Crippen molar-refractivity contribution in [2.24, 2.45) is 5.92 Å². The molecule has 0 aromatic heterocycles. The van der Waals surface area contributed by atoms with Crippen LogP contribution in [0.5, 0.6) is 5.75 Å². The number of benzene rings is 1. The van der Waals surface area contributed by atoms with Crippen LogP contribution in [0.4, 0.5) is 0 Å². The molecule has 2 rings (SSSR count). The second-order valence-electron chi connectivity index (χ2n) is 5.57. The third-order valence-corrected chi connectivity index (χ3v) is 3.74. The SMILES string of the molecule is CNCC1CCN(C(=O)C(C)Oc2cccc(C)c2)C1. The van der Waals surface area contributed by atoms with Gasteiger partial charge in [0.05, 0.1) is 0 Å². The van der Waals surface area contributed by atoms with E-state index < -0.39 is 6.10 Å². The average Bonchev–Trinajstić information content (AvgIpc) is 2.87. The van der Waals surface area contributed by atoms with Crippen molar-refractivity contribution in [2.75, 3.05) is 26.7 Å². The summed E-state index contributed by atoms with van der Waals surface area (Å²) < 4.78 is 5.76. The molecule has 0 spiro atoms. The fourth-order valence-electron chi connectivity index (χ4n) is 2.69. The molecule has 0 radical (unpaired) electrons. The highest BCUT2D eigenvalue weighted by Crippen LogP contribution is 2.19. The summed E-state index contributed by atoms with van der Waals surface area (Å²) in [6, 6.07) is 7.81. The van der Waals surface area contributed by atoms with Gasteiger partial charge in [-0.1, -0.05) is 12.1 Å². The number of likely N-dealkylation sites (tertiary alicyclic amines) is 1. The minimum Gasteiger partial charge on any atom is -0.481 e. The molecule has 4 heteroatoms. The Morgan fingerprint density at radius 1 is 1.55 bits per heavy atom. The van der Waals surface area contributed by atoms with Gasteiger partial charge in [-0.05, 0) is 57.5 Å². The molecule has 1 aliphatic heterocycles. The van der Waals surface area contributed by atoms with Gasteiger partial charge >= 0.3 is 0 Å². The molecule has 0 saturated carbocycles. The molecule has 2 unspecified atom stereocenters. The van der Waals surface area contributed by atoms with Crippen LogP contribution >= 0.6 is 0 Å². The van der Waals surface area contributed by atoms with Gasteiger partial charge in [0.25, 0.3) is 5.91 Å². The van der Waals surface area contributed by atoms with Crippen molar-refractivity contribution in [1.29, 1.82) is 0 Å². The number of carbonyl (C=O) groups excluding carboxylic acids is 1. The third-order valence-electron chi connectivity index (χ3n) is 3.74. The van der Waals surface area contributed by atoms with Gasteiger partial charge in [-0.2, -0.15) is 0 Å². The van der Waals surface area contributed by atoms with Gasteiger partial charge in [0.2, 0.25) is 0 Å². The van der Waals surface area contributed by atoms with Crippen LogP contribution < -0.4 is 10.1 Å². The molecule has 0 bridgehead atoms. The number of rotatable bonds is 5. The topological polar surface area (TPSA) is 41.6 Å². The molecular formula is C16H24N2O2. The lowest BCUT2D eigenvalue weighted by Crippen LogP contribution is -2.39. The molecule has 1 heterocycles. The zero-order chi connectivity index (χ0) is 14.5. The Morgan fingerprint density at radius 3 is 3.05 bits per heavy atom. The van der Waals surface area contributed by atoms with Crippen LogP contribution in [0, 0.1) is 12.8 Å². The summed E-state index contributed by atoms with van der Waals surface area (Å²) >= 11 is 0. The molecule has 1 amide bonds. The van der Waals surface area contributed by atoms with E-state index in [0.717, 1.165) is 37.4 Å². The highest BCUT2D eigenvalue weighted by atomic mass is 16.5. The fourth-order valence-corrected chi connectivity index (χ4v) is 2.69. The largest absolute Gasteiger partial charge is 0.481 e. The monoisotopic (exact) mass is 276 g/mol. The maximum atomic E-state index is 12.4. The zero-order valence-corrected chi connectivity index (χ0v) is 12.6. The predicted molar refractivity (Wildman–Crippen MR) is 79.9 cm³/mol. The summed E-state index contributed by atoms with van der Waals surface area (Å²) in [4.78, 5) is 14.3. The number of nitrogens with one attached hydrogen (secondary N) is 1. The Kier molecular flexibility index (Phi) is 5.01. The maximum absolute atomic E-state index is 12.4. The standard InChI is InChI=1S/C16H24N2O2/c1-12-5-4-6-15(9-12)20-13(2)16(19)18-8-7-14(11-18)10-17-3/h4-6,9,13-14,17H,7-8,10-11H2,1-3H3. The molecule has 110 valence electrons. The Bertz CT molecular complexity index is 462. The van der Waals surface area contributed by atoms with E-state index in [9.17, 15) is 4.79 Å². The van der Waals surface area contributed by atoms with Crippen molar-refractivity contribution in [3.05, 3.63) is 29.8 Å². The van der Waals surface area contributed by atoms with Crippen molar-refractivity contribution in [3.8, 4) is 5.75 Å². The third kappa shape index (κ3) is 3.73. The van der Waals surface area contributed by atoms with E-state index in [1.54, 1.807) is 0 Å². The molecular weight excluding hydrogens is 252 g/mol. The highest BCUT2D eigenvalue weighted by Gasteiger charge is 2.29.